The van der Waals surface area contributed by atoms with Gasteiger partial charge in [-0.3, -0.25) is 4.79 Å². The number of carbonyl (C=O) groups is 1. The largest absolute Gasteiger partial charge is 0.489 e. The van der Waals surface area contributed by atoms with Gasteiger partial charge in [0.2, 0.25) is 0 Å². The van der Waals surface area contributed by atoms with E-state index in [0.29, 0.717) is 23.9 Å². The molecule has 1 atom stereocenters. The summed E-state index contributed by atoms with van der Waals surface area (Å²) in [5.74, 6) is 0.616. The Balaban J connectivity index is 1.50. The van der Waals surface area contributed by atoms with Gasteiger partial charge in [0.25, 0.3) is 0 Å². The lowest BCUT2D eigenvalue weighted by Gasteiger charge is -2.33. The fraction of sp³-hybridized carbons (Fsp3) is 0.238. The predicted molar refractivity (Wildman–Crippen MR) is 105 cm³/mol. The molecule has 2 N–H and O–H groups in total. The Bertz CT molecular complexity index is 907. The van der Waals surface area contributed by atoms with Gasteiger partial charge >= 0.3 is 0 Å². The van der Waals surface area contributed by atoms with Crippen molar-refractivity contribution in [3.05, 3.63) is 76.7 Å². The Morgan fingerprint density at radius 1 is 1.07 bits per heavy atom. The van der Waals surface area contributed by atoms with Gasteiger partial charge in [-0.2, -0.15) is 0 Å². The third kappa shape index (κ3) is 3.85. The molecule has 2 aliphatic rings. The molecule has 0 radical (unpaired) electrons. The first-order valence-electron chi connectivity index (χ1n) is 8.91. The first-order chi connectivity index (χ1) is 13.1. The zero-order valence-electron chi connectivity index (χ0n) is 14.6. The maximum atomic E-state index is 13.0. The van der Waals surface area contributed by atoms with E-state index in [0.717, 1.165) is 35.2 Å². The van der Waals surface area contributed by atoms with E-state index >= 15 is 0 Å². The molecular formula is C21H19FN2O2S. The third-order valence-electron chi connectivity index (χ3n) is 4.82. The maximum Gasteiger partial charge on any atom is 0.171 e. The third-order valence-corrected chi connectivity index (χ3v) is 5.04. The fourth-order valence-corrected chi connectivity index (χ4v) is 3.70. The minimum atomic E-state index is -0.263. The second kappa shape index (κ2) is 7.48. The van der Waals surface area contributed by atoms with Crippen molar-refractivity contribution in [3.8, 4) is 5.75 Å². The van der Waals surface area contributed by atoms with Crippen molar-refractivity contribution < 1.29 is 13.9 Å². The van der Waals surface area contributed by atoms with Gasteiger partial charge < -0.3 is 15.4 Å². The van der Waals surface area contributed by atoms with Gasteiger partial charge in [-0.25, -0.2) is 4.39 Å². The normalized spacial score (nSPS) is 19.2. The highest BCUT2D eigenvalue weighted by Crippen LogP contribution is 2.34. The second-order valence-corrected chi connectivity index (χ2v) is 7.09. The van der Waals surface area contributed by atoms with Crippen LogP contribution in [0.4, 0.5) is 4.39 Å². The Morgan fingerprint density at radius 3 is 2.56 bits per heavy atom. The van der Waals surface area contributed by atoms with Crippen LogP contribution in [0.5, 0.6) is 5.75 Å². The molecular weight excluding hydrogens is 363 g/mol. The van der Waals surface area contributed by atoms with E-state index in [2.05, 4.69) is 10.6 Å². The summed E-state index contributed by atoms with van der Waals surface area (Å²) in [7, 11) is 0. The van der Waals surface area contributed by atoms with Gasteiger partial charge in [0.15, 0.2) is 10.9 Å². The topological polar surface area (TPSA) is 50.4 Å². The molecule has 27 heavy (non-hydrogen) atoms. The number of carbonyl (C=O) groups excluding carboxylic acids is 1. The Hall–Kier alpha value is -2.73. The summed E-state index contributed by atoms with van der Waals surface area (Å²) in [4.78, 5) is 12.4. The van der Waals surface area contributed by atoms with Crippen LogP contribution in [-0.2, 0) is 11.4 Å². The van der Waals surface area contributed by atoms with Crippen LogP contribution in [0.1, 0.15) is 36.4 Å². The van der Waals surface area contributed by atoms with Gasteiger partial charge in [0.05, 0.1) is 6.04 Å². The van der Waals surface area contributed by atoms with Crippen molar-refractivity contribution in [2.45, 2.75) is 31.9 Å². The lowest BCUT2D eigenvalue weighted by Crippen LogP contribution is -2.46. The van der Waals surface area contributed by atoms with Gasteiger partial charge in [-0.15, -0.1) is 0 Å². The standard InChI is InChI=1S/C21H19FN2O2S/c22-15-8-4-13(5-9-15)12-26-16-10-6-14(7-11-16)20-19-17(23-21(27)24-20)2-1-3-18(19)25/h4-11,20H,1-3,12H2,(H2,23,24,27). The summed E-state index contributed by atoms with van der Waals surface area (Å²) < 4.78 is 18.7. The van der Waals surface area contributed by atoms with Crippen molar-refractivity contribution in [3.63, 3.8) is 0 Å². The molecule has 1 heterocycles. The highest BCUT2D eigenvalue weighted by molar-refractivity contribution is 7.80. The number of rotatable bonds is 4. The molecule has 0 saturated carbocycles. The summed E-state index contributed by atoms with van der Waals surface area (Å²) in [5.41, 5.74) is 3.59. The minimum absolute atomic E-state index is 0.167. The first-order valence-corrected chi connectivity index (χ1v) is 9.32. The summed E-state index contributed by atoms with van der Waals surface area (Å²) in [6.07, 6.45) is 2.28. The summed E-state index contributed by atoms with van der Waals surface area (Å²) >= 11 is 5.30. The lowest BCUT2D eigenvalue weighted by atomic mass is 9.85. The zero-order chi connectivity index (χ0) is 18.8. The molecule has 0 saturated heterocycles. The van der Waals surface area contributed by atoms with Crippen LogP contribution in [0.3, 0.4) is 0 Å². The molecule has 4 nitrogen and oxygen atoms in total. The van der Waals surface area contributed by atoms with Gasteiger partial charge in [0.1, 0.15) is 18.2 Å². The zero-order valence-corrected chi connectivity index (χ0v) is 15.4. The molecule has 138 valence electrons. The van der Waals surface area contributed by atoms with Gasteiger partial charge in [-0.1, -0.05) is 24.3 Å². The number of allylic oxidation sites excluding steroid dienone is 1. The summed E-state index contributed by atoms with van der Waals surface area (Å²) in [5, 5.41) is 6.89. The quantitative estimate of drug-likeness (QED) is 0.785. The van der Waals surface area contributed by atoms with Gasteiger partial charge in [0, 0.05) is 17.7 Å². The molecule has 1 aliphatic carbocycles. The van der Waals surface area contributed by atoms with Crippen LogP contribution < -0.4 is 15.4 Å². The van der Waals surface area contributed by atoms with E-state index in [4.69, 9.17) is 17.0 Å². The average molecular weight is 382 g/mol. The van der Waals surface area contributed by atoms with E-state index < -0.39 is 0 Å². The number of benzene rings is 2. The highest BCUT2D eigenvalue weighted by atomic mass is 32.1. The molecule has 0 amide bonds. The predicted octanol–water partition coefficient (Wildman–Crippen LogP) is 3.93. The highest BCUT2D eigenvalue weighted by Gasteiger charge is 2.33. The average Bonchev–Trinajstić information content (AvgIpc) is 2.67. The van der Waals surface area contributed by atoms with Crippen LogP contribution in [-0.4, -0.2) is 10.9 Å². The monoisotopic (exact) mass is 382 g/mol. The van der Waals surface area contributed by atoms with Crippen LogP contribution in [0, 0.1) is 5.82 Å². The Morgan fingerprint density at radius 2 is 1.81 bits per heavy atom. The SMILES string of the molecule is O=C1CCCC2=C1C(c1ccc(OCc3ccc(F)cc3)cc1)NC(=S)N2. The fourth-order valence-electron chi connectivity index (χ4n) is 3.46. The van der Waals surface area contributed by atoms with Gasteiger partial charge in [-0.05, 0) is 60.5 Å². The molecule has 0 fully saturated rings. The van der Waals surface area contributed by atoms with E-state index in [1.54, 1.807) is 12.1 Å². The number of hydrogen-bond acceptors (Lipinski definition) is 3. The molecule has 2 aromatic carbocycles. The number of thiocarbonyl (C=S) groups is 1. The van der Waals surface area contributed by atoms with E-state index in [1.165, 1.54) is 12.1 Å². The molecule has 4 rings (SSSR count). The summed E-state index contributed by atoms with van der Waals surface area (Å²) in [6.45, 7) is 0.364. The van der Waals surface area contributed by atoms with Crippen LogP contribution >= 0.6 is 12.2 Å². The van der Waals surface area contributed by atoms with Crippen molar-refractivity contribution in [2.24, 2.45) is 0 Å². The van der Waals surface area contributed by atoms with E-state index in [1.807, 2.05) is 24.3 Å². The molecule has 6 heteroatoms. The summed E-state index contributed by atoms with van der Waals surface area (Å²) in [6, 6.07) is 13.6. The molecule has 2 aromatic rings. The van der Waals surface area contributed by atoms with Crippen molar-refractivity contribution in [1.29, 1.82) is 0 Å². The molecule has 0 spiro atoms. The van der Waals surface area contributed by atoms with Crippen LogP contribution in [0.25, 0.3) is 0 Å². The van der Waals surface area contributed by atoms with E-state index in [-0.39, 0.29) is 17.6 Å². The van der Waals surface area contributed by atoms with Crippen molar-refractivity contribution >= 4 is 23.1 Å². The van der Waals surface area contributed by atoms with Crippen molar-refractivity contribution in [1.82, 2.24) is 10.6 Å². The van der Waals surface area contributed by atoms with Crippen LogP contribution in [0.2, 0.25) is 0 Å². The molecule has 1 aliphatic heterocycles. The molecule has 1 unspecified atom stereocenters. The number of ketones is 1. The number of nitrogens with one attached hydrogen (secondary N) is 2. The second-order valence-electron chi connectivity index (χ2n) is 6.68. The number of hydrogen-bond donors (Lipinski definition) is 2. The Labute approximate surface area is 162 Å². The van der Waals surface area contributed by atoms with Crippen LogP contribution in [0.15, 0.2) is 59.8 Å². The number of Topliss-reactive ketones (excluding diaryl/α,β-unsaturated/α-hetero) is 1. The Kier molecular flexibility index (Phi) is 4.90. The first kappa shape index (κ1) is 17.7. The minimum Gasteiger partial charge on any atom is -0.489 e. The number of ether oxygens (including phenoxy) is 1. The molecule has 0 aromatic heterocycles. The molecule has 0 bridgehead atoms. The van der Waals surface area contributed by atoms with Crippen molar-refractivity contribution in [2.75, 3.05) is 0 Å². The maximum absolute atomic E-state index is 13.0. The lowest BCUT2D eigenvalue weighted by molar-refractivity contribution is -0.116. The smallest absolute Gasteiger partial charge is 0.171 e. The number of halogens is 1. The van der Waals surface area contributed by atoms with E-state index in [9.17, 15) is 9.18 Å².